The first-order chi connectivity index (χ1) is 5.02. The van der Waals surface area contributed by atoms with E-state index in [1.165, 1.54) is 0 Å². The van der Waals surface area contributed by atoms with E-state index in [1.807, 2.05) is 24.3 Å². The highest BCUT2D eigenvalue weighted by atomic mass is 79.9. The van der Waals surface area contributed by atoms with Gasteiger partial charge in [0, 0.05) is 10.0 Å². The topological polar surface area (TPSA) is 0 Å². The molecule has 0 spiro atoms. The van der Waals surface area contributed by atoms with Crippen LogP contribution in [0.3, 0.4) is 0 Å². The van der Waals surface area contributed by atoms with E-state index in [4.69, 9.17) is 23.2 Å². The third-order valence-corrected chi connectivity index (χ3v) is 2.71. The van der Waals surface area contributed by atoms with Crippen LogP contribution < -0.4 is 0 Å². The minimum atomic E-state index is -1.01. The third kappa shape index (κ3) is 2.62. The van der Waals surface area contributed by atoms with E-state index in [2.05, 4.69) is 31.9 Å². The Morgan fingerprint density at radius 3 is 2.09 bits per heavy atom. The van der Waals surface area contributed by atoms with Gasteiger partial charge in [0.25, 0.3) is 0 Å². The quantitative estimate of drug-likeness (QED) is 0.672. The highest BCUT2D eigenvalue weighted by Crippen LogP contribution is 2.43. The summed E-state index contributed by atoms with van der Waals surface area (Å²) >= 11 is 18.1. The van der Waals surface area contributed by atoms with Gasteiger partial charge in [0.05, 0.1) is 0 Å². The van der Waals surface area contributed by atoms with Crippen molar-refractivity contribution < 1.29 is 0 Å². The fourth-order valence-electron chi connectivity index (χ4n) is 0.691. The van der Waals surface area contributed by atoms with Crippen LogP contribution in [0, 0.1) is 0 Å². The molecule has 1 rings (SSSR count). The lowest BCUT2D eigenvalue weighted by Crippen LogP contribution is -1.99. The number of rotatable bonds is 1. The number of hydrogen-bond acceptors (Lipinski definition) is 0. The molecule has 0 aliphatic heterocycles. The molecule has 0 fully saturated rings. The largest absolute Gasteiger partial charge is 0.198 e. The Kier molecular flexibility index (Phi) is 3.27. The first kappa shape index (κ1) is 9.85. The van der Waals surface area contributed by atoms with Gasteiger partial charge >= 0.3 is 0 Å². The van der Waals surface area contributed by atoms with E-state index in [1.54, 1.807) is 0 Å². The van der Waals surface area contributed by atoms with Crippen molar-refractivity contribution in [3.8, 4) is 0 Å². The summed E-state index contributed by atoms with van der Waals surface area (Å²) in [7, 11) is 0. The lowest BCUT2D eigenvalue weighted by molar-refractivity contribution is 1.26. The van der Waals surface area contributed by atoms with Crippen molar-refractivity contribution in [2.24, 2.45) is 0 Å². The predicted octanol–water partition coefficient (Wildman–Crippen LogP) is 4.43. The maximum atomic E-state index is 5.82. The fourth-order valence-corrected chi connectivity index (χ4v) is 2.44. The molecule has 0 atom stereocenters. The molecule has 0 radical (unpaired) electrons. The second kappa shape index (κ2) is 3.65. The summed E-state index contributed by atoms with van der Waals surface area (Å²) in [6.45, 7) is 0. The summed E-state index contributed by atoms with van der Waals surface area (Å²) in [5.74, 6) is 0. The molecule has 60 valence electrons. The van der Waals surface area contributed by atoms with Crippen molar-refractivity contribution in [1.29, 1.82) is 0 Å². The molecule has 0 aliphatic rings. The van der Waals surface area contributed by atoms with Gasteiger partial charge in [0.1, 0.15) is 0 Å². The van der Waals surface area contributed by atoms with E-state index in [9.17, 15) is 0 Å². The van der Waals surface area contributed by atoms with Crippen LogP contribution >= 0.6 is 55.1 Å². The minimum absolute atomic E-state index is 0.809. The smallest absolute Gasteiger partial charge is 0.0833 e. The van der Waals surface area contributed by atoms with Crippen LogP contribution in [0.1, 0.15) is 5.56 Å². The molecule has 11 heavy (non-hydrogen) atoms. The van der Waals surface area contributed by atoms with Crippen molar-refractivity contribution in [1.82, 2.24) is 0 Å². The summed E-state index contributed by atoms with van der Waals surface area (Å²) in [5, 5.41) is 0. The van der Waals surface area contributed by atoms with Crippen LogP contribution in [0.2, 0.25) is 0 Å². The molecule has 0 saturated carbocycles. The monoisotopic (exact) mass is 316 g/mol. The second-order valence-electron chi connectivity index (χ2n) is 1.98. The maximum absolute atomic E-state index is 5.82. The Hall–Kier alpha value is 0.760. The van der Waals surface area contributed by atoms with Crippen LogP contribution in [0.4, 0.5) is 0 Å². The molecule has 1 aromatic carbocycles. The van der Waals surface area contributed by atoms with Gasteiger partial charge in [-0.25, -0.2) is 0 Å². The van der Waals surface area contributed by atoms with Crippen molar-refractivity contribution in [2.75, 3.05) is 0 Å². The number of hydrogen-bond donors (Lipinski definition) is 0. The Labute approximate surface area is 92.1 Å². The zero-order valence-corrected chi connectivity index (χ0v) is 10.0. The summed E-state index contributed by atoms with van der Waals surface area (Å²) in [4.78, 5) is 0. The summed E-state index contributed by atoms with van der Waals surface area (Å²) in [5.41, 5.74) is 0.809. The molecule has 0 aromatic heterocycles. The van der Waals surface area contributed by atoms with Crippen LogP contribution in [-0.2, 0) is 3.24 Å². The minimum Gasteiger partial charge on any atom is -0.0833 e. The molecule has 0 saturated heterocycles. The number of alkyl halides is 3. The van der Waals surface area contributed by atoms with Crippen LogP contribution in [0.15, 0.2) is 28.7 Å². The van der Waals surface area contributed by atoms with E-state index in [-0.39, 0.29) is 0 Å². The Morgan fingerprint density at radius 1 is 1.18 bits per heavy atom. The zero-order valence-electron chi connectivity index (χ0n) is 5.32. The van der Waals surface area contributed by atoms with Gasteiger partial charge in [-0.3, -0.25) is 0 Å². The molecular weight excluding hydrogens is 315 g/mol. The Bertz CT molecular complexity index is 255. The van der Waals surface area contributed by atoms with E-state index >= 15 is 0 Å². The van der Waals surface area contributed by atoms with Gasteiger partial charge in [-0.15, -0.1) is 0 Å². The number of benzene rings is 1. The molecule has 0 unspecified atom stereocenters. The predicted molar refractivity (Wildman–Crippen MR) is 56.5 cm³/mol. The average Bonchev–Trinajstić information content (AvgIpc) is 1.86. The van der Waals surface area contributed by atoms with Crippen molar-refractivity contribution in [3.63, 3.8) is 0 Å². The summed E-state index contributed by atoms with van der Waals surface area (Å²) < 4.78 is -0.116. The van der Waals surface area contributed by atoms with Gasteiger partial charge in [-0.1, -0.05) is 57.3 Å². The fraction of sp³-hybridized carbons (Fsp3) is 0.143. The van der Waals surface area contributed by atoms with Crippen molar-refractivity contribution in [3.05, 3.63) is 34.3 Å². The van der Waals surface area contributed by atoms with Gasteiger partial charge < -0.3 is 0 Å². The average molecular weight is 319 g/mol. The van der Waals surface area contributed by atoms with E-state index in [0.717, 1.165) is 10.0 Å². The summed E-state index contributed by atoms with van der Waals surface area (Å²) in [6.07, 6.45) is 0. The van der Waals surface area contributed by atoms with Gasteiger partial charge in [0.2, 0.25) is 0 Å². The first-order valence-electron chi connectivity index (χ1n) is 2.83. The molecule has 0 aliphatic carbocycles. The van der Waals surface area contributed by atoms with Crippen molar-refractivity contribution >= 4 is 55.1 Å². The molecule has 0 amide bonds. The van der Waals surface area contributed by atoms with Gasteiger partial charge in [-0.2, -0.15) is 0 Å². The number of halogens is 4. The molecule has 0 nitrogen and oxygen atoms in total. The lowest BCUT2D eigenvalue weighted by Gasteiger charge is -2.12. The van der Waals surface area contributed by atoms with E-state index < -0.39 is 3.24 Å². The van der Waals surface area contributed by atoms with Crippen molar-refractivity contribution in [2.45, 2.75) is 3.24 Å². The zero-order chi connectivity index (χ0) is 8.48. The van der Waals surface area contributed by atoms with Gasteiger partial charge in [0.15, 0.2) is 3.24 Å². The highest BCUT2D eigenvalue weighted by Gasteiger charge is 2.23. The highest BCUT2D eigenvalue weighted by molar-refractivity contribution is 9.11. The Balaban J connectivity index is 3.14. The molecule has 1 aromatic rings. The second-order valence-corrected chi connectivity index (χ2v) is 6.26. The molecular formula is C7H4Br2Cl2. The standard InChI is InChI=1S/C7H4Br2Cl2/c8-6-4-2-1-3-5(6)7(9,10)11/h1-4H. The first-order valence-corrected chi connectivity index (χ1v) is 5.18. The van der Waals surface area contributed by atoms with E-state index in [0.29, 0.717) is 0 Å². The van der Waals surface area contributed by atoms with Crippen LogP contribution in [-0.4, -0.2) is 0 Å². The third-order valence-electron chi connectivity index (χ3n) is 1.18. The van der Waals surface area contributed by atoms with Gasteiger partial charge in [-0.05, 0) is 22.0 Å². The van der Waals surface area contributed by atoms with Crippen LogP contribution in [0.25, 0.3) is 0 Å². The molecule has 4 heteroatoms. The molecule has 0 bridgehead atoms. The maximum Gasteiger partial charge on any atom is 0.198 e. The molecule has 0 heterocycles. The van der Waals surface area contributed by atoms with Crippen LogP contribution in [0.5, 0.6) is 0 Å². The SMILES string of the molecule is ClC(Cl)(Br)c1ccccc1Br. The normalized spacial score (nSPS) is 11.6. The summed E-state index contributed by atoms with van der Waals surface area (Å²) in [6, 6.07) is 7.51. The lowest BCUT2D eigenvalue weighted by atomic mass is 10.2. The Morgan fingerprint density at radius 2 is 1.73 bits per heavy atom. The molecule has 0 N–H and O–H groups in total.